The van der Waals surface area contributed by atoms with Gasteiger partial charge in [-0.2, -0.15) is 0 Å². The van der Waals surface area contributed by atoms with Crippen molar-refractivity contribution in [1.29, 1.82) is 0 Å². The fraction of sp³-hybridized carbons (Fsp3) is 0.500. The van der Waals surface area contributed by atoms with Crippen LogP contribution >= 0.6 is 0 Å². The van der Waals surface area contributed by atoms with Crippen LogP contribution in [0.2, 0.25) is 0 Å². The maximum absolute atomic E-state index is 15.4. The normalized spacial score (nSPS) is 24.9. The summed E-state index contributed by atoms with van der Waals surface area (Å²) < 4.78 is 20.5. The number of halogens is 1. The Bertz CT molecular complexity index is 553. The number of amides is 1. The van der Waals surface area contributed by atoms with Crippen molar-refractivity contribution < 1.29 is 18.7 Å². The number of carbonyl (C=O) groups is 2. The fourth-order valence-electron chi connectivity index (χ4n) is 2.58. The zero-order valence-corrected chi connectivity index (χ0v) is 12.5. The molecule has 1 aliphatic carbocycles. The van der Waals surface area contributed by atoms with E-state index >= 15 is 4.39 Å². The van der Waals surface area contributed by atoms with Crippen LogP contribution in [0.1, 0.15) is 38.3 Å². The van der Waals surface area contributed by atoms with Gasteiger partial charge in [-0.25, -0.2) is 9.18 Å². The van der Waals surface area contributed by atoms with Gasteiger partial charge in [0.05, 0.1) is 5.92 Å². The van der Waals surface area contributed by atoms with E-state index in [0.717, 1.165) is 5.56 Å². The Balaban J connectivity index is 2.32. The summed E-state index contributed by atoms with van der Waals surface area (Å²) in [7, 11) is 0. The monoisotopic (exact) mass is 293 g/mol. The fourth-order valence-corrected chi connectivity index (χ4v) is 2.58. The van der Waals surface area contributed by atoms with Crippen molar-refractivity contribution in [3.8, 4) is 0 Å². The Kier molecular flexibility index (Phi) is 4.03. The summed E-state index contributed by atoms with van der Waals surface area (Å²) in [6.45, 7) is 5.09. The Morgan fingerprint density at radius 3 is 2.71 bits per heavy atom. The molecule has 1 aromatic carbocycles. The molecule has 0 heterocycles. The molecule has 1 aliphatic rings. The van der Waals surface area contributed by atoms with E-state index in [-0.39, 0.29) is 0 Å². The molecule has 5 heteroatoms. The smallest absolute Gasteiger partial charge is 0.410 e. The Morgan fingerprint density at radius 2 is 2.10 bits per heavy atom. The molecule has 2 unspecified atom stereocenters. The second kappa shape index (κ2) is 5.47. The van der Waals surface area contributed by atoms with Crippen LogP contribution in [0.25, 0.3) is 0 Å². The first-order chi connectivity index (χ1) is 9.76. The predicted octanol–water partition coefficient (Wildman–Crippen LogP) is 3.09. The summed E-state index contributed by atoms with van der Waals surface area (Å²) in [5.74, 6) is -3.14. The van der Waals surface area contributed by atoms with E-state index in [1.807, 2.05) is 12.1 Å². The second-order valence-electron chi connectivity index (χ2n) is 6.28. The summed E-state index contributed by atoms with van der Waals surface area (Å²) in [5.41, 5.74) is 0.402. The van der Waals surface area contributed by atoms with Crippen LogP contribution < -0.4 is 5.32 Å². The van der Waals surface area contributed by atoms with Crippen molar-refractivity contribution in [3.05, 3.63) is 35.4 Å². The standard InChI is InChI=1S/C16H20FNO3/c1-15(2,3)21-14(20)18-16(17)12(10-19)9-8-11-6-4-5-7-13(11)16/h4-7,10,12H,8-9H2,1-3H3,(H,18,20). The lowest BCUT2D eigenvalue weighted by atomic mass is 9.78. The van der Waals surface area contributed by atoms with E-state index in [0.29, 0.717) is 24.7 Å². The Morgan fingerprint density at radius 1 is 1.43 bits per heavy atom. The lowest BCUT2D eigenvalue weighted by molar-refractivity contribution is -0.118. The molecule has 0 spiro atoms. The molecular formula is C16H20FNO3. The molecule has 21 heavy (non-hydrogen) atoms. The van der Waals surface area contributed by atoms with Gasteiger partial charge in [0.25, 0.3) is 0 Å². The first kappa shape index (κ1) is 15.5. The van der Waals surface area contributed by atoms with Crippen LogP contribution in [-0.4, -0.2) is 18.0 Å². The zero-order chi connectivity index (χ0) is 15.7. The average Bonchev–Trinajstić information content (AvgIpc) is 2.37. The van der Waals surface area contributed by atoms with Gasteiger partial charge in [-0.3, -0.25) is 5.32 Å². The third kappa shape index (κ3) is 3.23. The minimum absolute atomic E-state index is 0.333. The second-order valence-corrected chi connectivity index (χ2v) is 6.28. The SMILES string of the molecule is CC(C)(C)OC(=O)NC1(F)c2ccccc2CCC1C=O. The third-order valence-corrected chi connectivity index (χ3v) is 3.49. The van der Waals surface area contributed by atoms with E-state index in [1.54, 1.807) is 32.9 Å². The lowest BCUT2D eigenvalue weighted by Gasteiger charge is -2.37. The molecule has 0 saturated carbocycles. The lowest BCUT2D eigenvalue weighted by Crippen LogP contribution is -2.52. The number of aldehydes is 1. The number of alkyl halides is 1. The van der Waals surface area contributed by atoms with Crippen molar-refractivity contribution in [3.63, 3.8) is 0 Å². The highest BCUT2D eigenvalue weighted by Crippen LogP contribution is 2.40. The Labute approximate surface area is 123 Å². The quantitative estimate of drug-likeness (QED) is 0.673. The molecule has 0 radical (unpaired) electrons. The Hall–Kier alpha value is -1.91. The number of carbonyl (C=O) groups excluding carboxylic acids is 2. The number of hydrogen-bond donors (Lipinski definition) is 1. The van der Waals surface area contributed by atoms with Gasteiger partial charge < -0.3 is 9.53 Å². The van der Waals surface area contributed by atoms with Gasteiger partial charge >= 0.3 is 6.09 Å². The number of fused-ring (bicyclic) bond motifs is 1. The summed E-state index contributed by atoms with van der Waals surface area (Å²) in [5, 5.41) is 2.25. The molecule has 114 valence electrons. The molecule has 0 bridgehead atoms. The largest absolute Gasteiger partial charge is 0.444 e. The van der Waals surface area contributed by atoms with Crippen molar-refractivity contribution >= 4 is 12.4 Å². The van der Waals surface area contributed by atoms with E-state index in [2.05, 4.69) is 5.32 Å². The molecule has 0 saturated heterocycles. The van der Waals surface area contributed by atoms with Crippen LogP contribution in [0.5, 0.6) is 0 Å². The van der Waals surface area contributed by atoms with Crippen LogP contribution in [0.3, 0.4) is 0 Å². The summed E-state index contributed by atoms with van der Waals surface area (Å²) in [6, 6.07) is 6.91. The summed E-state index contributed by atoms with van der Waals surface area (Å²) >= 11 is 0. The van der Waals surface area contributed by atoms with Gasteiger partial charge in [-0.15, -0.1) is 0 Å². The van der Waals surface area contributed by atoms with Crippen LogP contribution in [0.4, 0.5) is 9.18 Å². The van der Waals surface area contributed by atoms with E-state index < -0.39 is 23.4 Å². The highest BCUT2D eigenvalue weighted by Gasteiger charge is 2.46. The molecule has 0 aromatic heterocycles. The molecule has 1 amide bonds. The molecular weight excluding hydrogens is 273 g/mol. The zero-order valence-electron chi connectivity index (χ0n) is 12.5. The number of benzene rings is 1. The number of ether oxygens (including phenoxy) is 1. The molecule has 0 fully saturated rings. The van der Waals surface area contributed by atoms with Gasteiger partial charge in [0.1, 0.15) is 11.9 Å². The maximum Gasteiger partial charge on any atom is 0.410 e. The van der Waals surface area contributed by atoms with Gasteiger partial charge in [0.2, 0.25) is 5.79 Å². The minimum Gasteiger partial charge on any atom is -0.444 e. The molecule has 0 aliphatic heterocycles. The highest BCUT2D eigenvalue weighted by molar-refractivity contribution is 5.71. The molecule has 1 N–H and O–H groups in total. The van der Waals surface area contributed by atoms with Crippen molar-refractivity contribution in [2.75, 3.05) is 0 Å². The van der Waals surface area contributed by atoms with E-state index in [9.17, 15) is 9.59 Å². The maximum atomic E-state index is 15.4. The number of rotatable bonds is 2. The first-order valence-corrected chi connectivity index (χ1v) is 7.00. The van der Waals surface area contributed by atoms with Crippen molar-refractivity contribution in [2.24, 2.45) is 5.92 Å². The van der Waals surface area contributed by atoms with Crippen molar-refractivity contribution in [2.45, 2.75) is 45.0 Å². The van der Waals surface area contributed by atoms with E-state index in [4.69, 9.17) is 4.74 Å². The number of alkyl carbamates (subject to hydrolysis) is 1. The van der Waals surface area contributed by atoms with Gasteiger partial charge in [-0.1, -0.05) is 24.3 Å². The van der Waals surface area contributed by atoms with Gasteiger partial charge in [0, 0.05) is 5.56 Å². The molecule has 1 aromatic rings. The van der Waals surface area contributed by atoms with Gasteiger partial charge in [0.15, 0.2) is 0 Å². The predicted molar refractivity (Wildman–Crippen MR) is 76.5 cm³/mol. The highest BCUT2D eigenvalue weighted by atomic mass is 19.1. The number of nitrogens with one attached hydrogen (secondary N) is 1. The number of hydrogen-bond acceptors (Lipinski definition) is 3. The minimum atomic E-state index is -2.22. The van der Waals surface area contributed by atoms with Gasteiger partial charge in [-0.05, 0) is 39.2 Å². The molecule has 4 nitrogen and oxygen atoms in total. The van der Waals surface area contributed by atoms with E-state index in [1.165, 1.54) is 0 Å². The van der Waals surface area contributed by atoms with Crippen LogP contribution in [-0.2, 0) is 21.7 Å². The molecule has 2 atom stereocenters. The van der Waals surface area contributed by atoms with Crippen LogP contribution in [0.15, 0.2) is 24.3 Å². The van der Waals surface area contributed by atoms with Crippen molar-refractivity contribution in [1.82, 2.24) is 5.32 Å². The summed E-state index contributed by atoms with van der Waals surface area (Å²) in [6.07, 6.45) is 0.662. The molecule has 2 rings (SSSR count). The third-order valence-electron chi connectivity index (χ3n) is 3.49. The number of aryl methyl sites for hydroxylation is 1. The first-order valence-electron chi connectivity index (χ1n) is 7.00. The van der Waals surface area contributed by atoms with Crippen LogP contribution in [0, 0.1) is 5.92 Å². The summed E-state index contributed by atoms with van der Waals surface area (Å²) in [4.78, 5) is 23.1. The topological polar surface area (TPSA) is 55.4 Å². The average molecular weight is 293 g/mol.